The van der Waals surface area contributed by atoms with Crippen molar-refractivity contribution in [3.8, 4) is 0 Å². The molecule has 124 valence electrons. The van der Waals surface area contributed by atoms with Crippen molar-refractivity contribution in [1.82, 2.24) is 0 Å². The summed E-state index contributed by atoms with van der Waals surface area (Å²) in [6.45, 7) is 6.71. The third-order valence-corrected chi connectivity index (χ3v) is 20.5. The van der Waals surface area contributed by atoms with Crippen molar-refractivity contribution in [1.29, 1.82) is 0 Å². The van der Waals surface area contributed by atoms with Crippen LogP contribution in [0.15, 0.2) is 24.3 Å². The van der Waals surface area contributed by atoms with Gasteiger partial charge < -0.3 is 0 Å². The maximum absolute atomic E-state index is 11.6. The molecule has 22 heavy (non-hydrogen) atoms. The van der Waals surface area contributed by atoms with Gasteiger partial charge in [-0.05, 0) is 0 Å². The quantitative estimate of drug-likeness (QED) is 0.516. The summed E-state index contributed by atoms with van der Waals surface area (Å²) >= 11 is -2.66. The van der Waals surface area contributed by atoms with Crippen molar-refractivity contribution >= 4 is 27.9 Å². The van der Waals surface area contributed by atoms with Crippen molar-refractivity contribution < 1.29 is 9.90 Å². The summed E-state index contributed by atoms with van der Waals surface area (Å²) in [5.41, 5.74) is 0.488. The van der Waals surface area contributed by atoms with Crippen molar-refractivity contribution in [2.24, 2.45) is 0 Å². The standard InChI is InChI=1S/C7H5O2.3C4H9.Sn/c8-7(9)6-4-2-1-3-5-6;3*1-3-4-2;/h1-4H,(H,8,9);3*1,3-4H2,2H3;/p-1. The summed E-state index contributed by atoms with van der Waals surface area (Å²) in [5, 5.41) is 11.6. The number of carboxylic acid groups (broad SMARTS) is 1. The Balaban J connectivity index is 3.28. The van der Waals surface area contributed by atoms with E-state index in [2.05, 4.69) is 26.8 Å². The Labute approximate surface area is 140 Å². The first kappa shape index (κ1) is 19.5. The molecule has 0 aromatic heterocycles. The molecule has 0 atom stereocenters. The molecule has 0 amide bonds. The first-order valence-corrected chi connectivity index (χ1v) is 16.4. The number of hydrogen-bond acceptors (Lipinski definition) is 2. The molecule has 0 radical (unpaired) electrons. The van der Waals surface area contributed by atoms with E-state index < -0.39 is 24.3 Å². The summed E-state index contributed by atoms with van der Waals surface area (Å²) in [5.74, 6) is -0.985. The molecule has 0 aliphatic heterocycles. The molecule has 2 nitrogen and oxygen atoms in total. The predicted molar refractivity (Wildman–Crippen MR) is 95.3 cm³/mol. The van der Waals surface area contributed by atoms with E-state index in [-0.39, 0.29) is 0 Å². The zero-order chi connectivity index (χ0) is 16.4. The molecular formula is C19H31O2Sn-. The van der Waals surface area contributed by atoms with Crippen LogP contribution in [0.4, 0.5) is 0 Å². The first-order valence-electron chi connectivity index (χ1n) is 8.92. The van der Waals surface area contributed by atoms with Crippen LogP contribution < -0.4 is 8.69 Å². The van der Waals surface area contributed by atoms with Gasteiger partial charge in [-0.25, -0.2) is 0 Å². The monoisotopic (exact) mass is 411 g/mol. The van der Waals surface area contributed by atoms with Gasteiger partial charge in [0.15, 0.2) is 0 Å². The van der Waals surface area contributed by atoms with Gasteiger partial charge in [0, 0.05) is 0 Å². The van der Waals surface area contributed by atoms with Crippen LogP contribution in [0.5, 0.6) is 0 Å². The van der Waals surface area contributed by atoms with E-state index in [4.69, 9.17) is 0 Å². The van der Waals surface area contributed by atoms with Gasteiger partial charge in [-0.2, -0.15) is 0 Å². The van der Waals surface area contributed by atoms with Crippen molar-refractivity contribution in [2.75, 3.05) is 0 Å². The Morgan fingerprint density at radius 2 is 1.36 bits per heavy atom. The van der Waals surface area contributed by atoms with Crippen LogP contribution in [0.3, 0.4) is 0 Å². The summed E-state index contributed by atoms with van der Waals surface area (Å²) < 4.78 is 5.08. The second-order valence-corrected chi connectivity index (χ2v) is 19.6. The molecule has 0 fully saturated rings. The zero-order valence-electron chi connectivity index (χ0n) is 14.5. The van der Waals surface area contributed by atoms with Crippen LogP contribution in [-0.4, -0.2) is 24.3 Å². The van der Waals surface area contributed by atoms with E-state index in [1.165, 1.54) is 55.4 Å². The van der Waals surface area contributed by atoms with Crippen molar-refractivity contribution in [3.05, 3.63) is 29.8 Å². The van der Waals surface area contributed by atoms with Crippen LogP contribution >= 0.6 is 0 Å². The van der Waals surface area contributed by atoms with E-state index in [0.29, 0.717) is 5.56 Å². The number of aromatic carboxylic acids is 1. The molecule has 0 heterocycles. The summed E-state index contributed by atoms with van der Waals surface area (Å²) in [6, 6.07) is 7.74. The van der Waals surface area contributed by atoms with Gasteiger partial charge in [-0.15, -0.1) is 0 Å². The summed E-state index contributed by atoms with van der Waals surface area (Å²) in [6.07, 6.45) is 7.32. The van der Waals surface area contributed by atoms with E-state index >= 15 is 0 Å². The predicted octanol–water partition coefficient (Wildman–Crippen LogP) is 4.11. The van der Waals surface area contributed by atoms with Crippen LogP contribution in [0.1, 0.15) is 69.7 Å². The van der Waals surface area contributed by atoms with E-state index in [1.54, 1.807) is 6.07 Å². The molecule has 0 aliphatic rings. The topological polar surface area (TPSA) is 40.1 Å². The Morgan fingerprint density at radius 3 is 1.77 bits per heavy atom. The molecule has 0 unspecified atom stereocenters. The second-order valence-electron chi connectivity index (χ2n) is 6.42. The number of carbonyl (C=O) groups excluding carboxylic acids is 1. The van der Waals surface area contributed by atoms with E-state index in [0.717, 1.165) is 0 Å². The van der Waals surface area contributed by atoms with Crippen molar-refractivity contribution in [3.63, 3.8) is 0 Å². The average molecular weight is 410 g/mol. The molecule has 1 aromatic rings. The van der Waals surface area contributed by atoms with Gasteiger partial charge >= 0.3 is 140 Å². The molecule has 0 saturated heterocycles. The van der Waals surface area contributed by atoms with Gasteiger partial charge in [0.05, 0.1) is 0 Å². The molecule has 0 aliphatic carbocycles. The number of carboxylic acids is 1. The molecule has 1 rings (SSSR count). The number of carbonyl (C=O) groups is 1. The van der Waals surface area contributed by atoms with Gasteiger partial charge in [0.2, 0.25) is 0 Å². The Kier molecular flexibility index (Phi) is 9.14. The Bertz CT molecular complexity index is 435. The molecule has 0 spiro atoms. The number of unbranched alkanes of at least 4 members (excludes halogenated alkanes) is 3. The summed E-state index contributed by atoms with van der Waals surface area (Å²) in [4.78, 5) is 11.6. The molecule has 0 bridgehead atoms. The molecule has 1 aromatic carbocycles. The van der Waals surface area contributed by atoms with Crippen LogP contribution in [0.2, 0.25) is 13.3 Å². The zero-order valence-corrected chi connectivity index (χ0v) is 17.3. The maximum atomic E-state index is 11.6. The van der Waals surface area contributed by atoms with Gasteiger partial charge in [-0.1, -0.05) is 0 Å². The van der Waals surface area contributed by atoms with Gasteiger partial charge in [0.1, 0.15) is 0 Å². The summed E-state index contributed by atoms with van der Waals surface area (Å²) in [7, 11) is 0. The molecule has 0 N–H and O–H groups in total. The van der Waals surface area contributed by atoms with Crippen LogP contribution in [-0.2, 0) is 0 Å². The van der Waals surface area contributed by atoms with Crippen LogP contribution in [0.25, 0.3) is 0 Å². The fraction of sp³-hybridized carbons (Fsp3) is 0.632. The van der Waals surface area contributed by atoms with E-state index in [9.17, 15) is 9.90 Å². The third-order valence-electron chi connectivity index (χ3n) is 4.74. The molecule has 0 saturated carbocycles. The van der Waals surface area contributed by atoms with Gasteiger partial charge in [0.25, 0.3) is 0 Å². The normalized spacial score (nSPS) is 11.6. The fourth-order valence-electron chi connectivity index (χ4n) is 3.45. The van der Waals surface area contributed by atoms with Gasteiger partial charge in [-0.3, -0.25) is 0 Å². The van der Waals surface area contributed by atoms with Crippen molar-refractivity contribution in [2.45, 2.75) is 72.6 Å². The minimum atomic E-state index is -2.66. The molecular weight excluding hydrogens is 379 g/mol. The minimum absolute atomic E-state index is 0.488. The Morgan fingerprint density at radius 1 is 0.909 bits per heavy atom. The molecule has 3 heteroatoms. The number of hydrogen-bond donors (Lipinski definition) is 0. The number of rotatable bonds is 11. The Hall–Kier alpha value is -0.511. The SMILES string of the molecule is CCC[CH2][Sn]([CH2]CCC)([CH2]CCC)[c]1ccccc1C(=O)[O-]. The van der Waals surface area contributed by atoms with Crippen LogP contribution in [0, 0.1) is 0 Å². The first-order chi connectivity index (χ1) is 10.6. The number of benzene rings is 1. The van der Waals surface area contributed by atoms with E-state index in [1.807, 2.05) is 12.1 Å². The third kappa shape index (κ3) is 5.29. The average Bonchev–Trinajstić information content (AvgIpc) is 2.54. The fourth-order valence-corrected chi connectivity index (χ4v) is 20.2. The second kappa shape index (κ2) is 10.3.